The highest BCUT2D eigenvalue weighted by Gasteiger charge is 2.21. The molecular formula is C22H23N3O5. The summed E-state index contributed by atoms with van der Waals surface area (Å²) in [6.45, 7) is 2.60. The summed E-state index contributed by atoms with van der Waals surface area (Å²) in [6, 6.07) is 11.8. The molecule has 2 N–H and O–H groups in total. The molecule has 1 aliphatic heterocycles. The van der Waals surface area contributed by atoms with E-state index in [0.29, 0.717) is 41.8 Å². The summed E-state index contributed by atoms with van der Waals surface area (Å²) >= 11 is 0. The third-order valence-corrected chi connectivity index (χ3v) is 5.03. The monoisotopic (exact) mass is 409 g/mol. The Bertz CT molecular complexity index is 1120. The number of benzene rings is 2. The van der Waals surface area contributed by atoms with E-state index in [0.717, 1.165) is 10.9 Å². The summed E-state index contributed by atoms with van der Waals surface area (Å²) in [7, 11) is 3.41. The summed E-state index contributed by atoms with van der Waals surface area (Å²) in [5, 5.41) is 6.43. The summed E-state index contributed by atoms with van der Waals surface area (Å²) in [5.41, 5.74) is 1.92. The molecule has 1 unspecified atom stereocenters. The fourth-order valence-corrected chi connectivity index (χ4v) is 3.38. The second-order valence-electron chi connectivity index (χ2n) is 7.06. The Balaban J connectivity index is 1.45. The van der Waals surface area contributed by atoms with Gasteiger partial charge in [0.05, 0.1) is 7.11 Å². The lowest BCUT2D eigenvalue weighted by atomic mass is 10.2. The number of hydrogen-bond donors (Lipinski definition) is 2. The largest absolute Gasteiger partial charge is 0.497 e. The van der Waals surface area contributed by atoms with Crippen molar-refractivity contribution < 1.29 is 23.8 Å². The van der Waals surface area contributed by atoms with Gasteiger partial charge in [0.15, 0.2) is 11.5 Å². The van der Waals surface area contributed by atoms with Gasteiger partial charge < -0.3 is 29.4 Å². The Morgan fingerprint density at radius 3 is 2.60 bits per heavy atom. The molecule has 156 valence electrons. The van der Waals surface area contributed by atoms with E-state index in [-0.39, 0.29) is 11.8 Å². The molecule has 0 saturated heterocycles. The van der Waals surface area contributed by atoms with Crippen LogP contribution in [-0.2, 0) is 11.8 Å². The Morgan fingerprint density at radius 2 is 1.83 bits per heavy atom. The molecule has 0 aliphatic carbocycles. The fraction of sp³-hybridized carbons (Fsp3) is 0.273. The van der Waals surface area contributed by atoms with Gasteiger partial charge in [0.1, 0.15) is 30.7 Å². The molecule has 2 aromatic carbocycles. The Hall–Kier alpha value is -3.68. The maximum atomic E-state index is 12.8. The lowest BCUT2D eigenvalue weighted by Gasteiger charge is -2.19. The second-order valence-corrected chi connectivity index (χ2v) is 7.06. The number of nitrogens with one attached hydrogen (secondary N) is 2. The number of anilines is 1. The lowest BCUT2D eigenvalue weighted by molar-refractivity contribution is -0.117. The van der Waals surface area contributed by atoms with Crippen LogP contribution >= 0.6 is 0 Å². The van der Waals surface area contributed by atoms with Crippen molar-refractivity contribution in [1.29, 1.82) is 0 Å². The van der Waals surface area contributed by atoms with E-state index in [9.17, 15) is 9.59 Å². The predicted octanol–water partition coefficient (Wildman–Crippen LogP) is 2.72. The van der Waals surface area contributed by atoms with Crippen molar-refractivity contribution in [1.82, 2.24) is 9.88 Å². The molecule has 2 amide bonds. The molecule has 2 heterocycles. The van der Waals surface area contributed by atoms with Gasteiger partial charge in [0, 0.05) is 29.7 Å². The van der Waals surface area contributed by atoms with E-state index >= 15 is 0 Å². The average molecular weight is 409 g/mol. The number of ether oxygens (including phenoxy) is 3. The first-order chi connectivity index (χ1) is 14.5. The molecule has 4 rings (SSSR count). The van der Waals surface area contributed by atoms with E-state index < -0.39 is 6.04 Å². The van der Waals surface area contributed by atoms with E-state index in [1.54, 1.807) is 42.9 Å². The zero-order valence-corrected chi connectivity index (χ0v) is 17.0. The smallest absolute Gasteiger partial charge is 0.268 e. The van der Waals surface area contributed by atoms with Crippen molar-refractivity contribution in [2.75, 3.05) is 25.6 Å². The SMILES string of the molecule is COc1ccc2c(c1)cc(C(=O)NC(C)C(=O)Nc1ccc3c(c1)OCCO3)n2C. The van der Waals surface area contributed by atoms with Crippen LogP contribution < -0.4 is 24.8 Å². The van der Waals surface area contributed by atoms with Gasteiger partial charge in [-0.3, -0.25) is 9.59 Å². The van der Waals surface area contributed by atoms with Crippen LogP contribution in [0.2, 0.25) is 0 Å². The quantitative estimate of drug-likeness (QED) is 0.676. The Morgan fingerprint density at radius 1 is 1.07 bits per heavy atom. The standard InChI is InChI=1S/C22H23N3O5/c1-13(21(26)24-15-4-7-19-20(12-15)30-9-8-29-19)23-22(27)18-11-14-10-16(28-3)5-6-17(14)25(18)2/h4-7,10-13H,8-9H2,1-3H3,(H,23,27)(H,24,26). The normalized spacial score (nSPS) is 13.6. The molecule has 0 fully saturated rings. The van der Waals surface area contributed by atoms with Crippen molar-refractivity contribution >= 4 is 28.4 Å². The van der Waals surface area contributed by atoms with Crippen LogP contribution in [0.5, 0.6) is 17.2 Å². The van der Waals surface area contributed by atoms with Crippen molar-refractivity contribution in [2.45, 2.75) is 13.0 Å². The van der Waals surface area contributed by atoms with Gasteiger partial charge in [0.25, 0.3) is 5.91 Å². The van der Waals surface area contributed by atoms with E-state index in [1.807, 2.05) is 25.2 Å². The summed E-state index contributed by atoms with van der Waals surface area (Å²) < 4.78 is 18.0. The van der Waals surface area contributed by atoms with Gasteiger partial charge in [-0.15, -0.1) is 0 Å². The fourth-order valence-electron chi connectivity index (χ4n) is 3.38. The Kier molecular flexibility index (Phi) is 5.22. The van der Waals surface area contributed by atoms with Gasteiger partial charge in [0.2, 0.25) is 5.91 Å². The third kappa shape index (κ3) is 3.76. The second kappa shape index (κ2) is 7.98. The number of aryl methyl sites for hydroxylation is 1. The minimum Gasteiger partial charge on any atom is -0.497 e. The number of fused-ring (bicyclic) bond motifs is 2. The van der Waals surface area contributed by atoms with Crippen LogP contribution in [0.15, 0.2) is 42.5 Å². The molecule has 0 spiro atoms. The third-order valence-electron chi connectivity index (χ3n) is 5.03. The van der Waals surface area contributed by atoms with Gasteiger partial charge in [-0.2, -0.15) is 0 Å². The van der Waals surface area contributed by atoms with Gasteiger partial charge in [-0.05, 0) is 43.3 Å². The van der Waals surface area contributed by atoms with Crippen molar-refractivity contribution in [3.8, 4) is 17.2 Å². The topological polar surface area (TPSA) is 90.8 Å². The van der Waals surface area contributed by atoms with E-state index in [1.165, 1.54) is 0 Å². The number of carbonyl (C=O) groups is 2. The van der Waals surface area contributed by atoms with Crippen LogP contribution in [0.1, 0.15) is 17.4 Å². The molecule has 8 nitrogen and oxygen atoms in total. The minimum absolute atomic E-state index is 0.333. The summed E-state index contributed by atoms with van der Waals surface area (Å²) in [6.07, 6.45) is 0. The number of carbonyl (C=O) groups excluding carboxylic acids is 2. The molecular weight excluding hydrogens is 386 g/mol. The first-order valence-corrected chi connectivity index (χ1v) is 9.61. The van der Waals surface area contributed by atoms with Crippen molar-refractivity contribution in [3.05, 3.63) is 48.2 Å². The van der Waals surface area contributed by atoms with Gasteiger partial charge in [-0.1, -0.05) is 0 Å². The zero-order chi connectivity index (χ0) is 21.3. The van der Waals surface area contributed by atoms with Crippen LogP contribution in [0.25, 0.3) is 10.9 Å². The maximum Gasteiger partial charge on any atom is 0.268 e. The molecule has 3 aromatic rings. The molecule has 0 bridgehead atoms. The van der Waals surface area contributed by atoms with E-state index in [2.05, 4.69) is 10.6 Å². The molecule has 1 aliphatic rings. The molecule has 1 atom stereocenters. The van der Waals surface area contributed by atoms with Crippen LogP contribution in [0.3, 0.4) is 0 Å². The van der Waals surface area contributed by atoms with Crippen molar-refractivity contribution in [3.63, 3.8) is 0 Å². The molecule has 0 saturated carbocycles. The number of rotatable bonds is 5. The summed E-state index contributed by atoms with van der Waals surface area (Å²) in [4.78, 5) is 25.3. The average Bonchev–Trinajstić information content (AvgIpc) is 3.09. The molecule has 30 heavy (non-hydrogen) atoms. The molecule has 8 heteroatoms. The number of nitrogens with zero attached hydrogens (tertiary/aromatic N) is 1. The maximum absolute atomic E-state index is 12.8. The lowest BCUT2D eigenvalue weighted by Crippen LogP contribution is -2.42. The zero-order valence-electron chi connectivity index (χ0n) is 17.0. The highest BCUT2D eigenvalue weighted by atomic mass is 16.6. The van der Waals surface area contributed by atoms with E-state index in [4.69, 9.17) is 14.2 Å². The van der Waals surface area contributed by atoms with Crippen LogP contribution in [-0.4, -0.2) is 42.7 Å². The number of aromatic nitrogens is 1. The van der Waals surface area contributed by atoms with Gasteiger partial charge in [-0.25, -0.2) is 0 Å². The molecule has 0 radical (unpaired) electrons. The highest BCUT2D eigenvalue weighted by Crippen LogP contribution is 2.32. The first-order valence-electron chi connectivity index (χ1n) is 9.61. The number of hydrogen-bond acceptors (Lipinski definition) is 5. The summed E-state index contributed by atoms with van der Waals surface area (Å²) in [5.74, 6) is 1.28. The number of methoxy groups -OCH3 is 1. The van der Waals surface area contributed by atoms with Crippen LogP contribution in [0, 0.1) is 0 Å². The number of amides is 2. The highest BCUT2D eigenvalue weighted by molar-refractivity contribution is 6.03. The minimum atomic E-state index is -0.738. The Labute approximate surface area is 173 Å². The van der Waals surface area contributed by atoms with Gasteiger partial charge >= 0.3 is 0 Å². The van der Waals surface area contributed by atoms with Crippen molar-refractivity contribution in [2.24, 2.45) is 7.05 Å². The van der Waals surface area contributed by atoms with Crippen LogP contribution in [0.4, 0.5) is 5.69 Å². The predicted molar refractivity (Wildman–Crippen MR) is 112 cm³/mol. The molecule has 1 aromatic heterocycles. The first kappa shape index (κ1) is 19.6.